The molecule has 0 bridgehead atoms. The van der Waals surface area contributed by atoms with Crippen molar-refractivity contribution in [2.24, 2.45) is 0 Å². The zero-order valence-electron chi connectivity index (χ0n) is 47.8. The zero-order valence-corrected chi connectivity index (χ0v) is 47.8. The molecule has 5 saturated heterocycles. The van der Waals surface area contributed by atoms with Gasteiger partial charge in [0.25, 0.3) is 0 Å². The molecule has 3 aromatic carbocycles. The van der Waals surface area contributed by atoms with E-state index in [-0.39, 0.29) is 39.7 Å². The molecule has 16 N–H and O–H groups in total. The molecule has 5 aliphatic heterocycles. The van der Waals surface area contributed by atoms with Gasteiger partial charge >= 0.3 is 17.9 Å². The third-order valence-corrected chi connectivity index (χ3v) is 15.3. The first-order valence-electron chi connectivity index (χ1n) is 27.9. The van der Waals surface area contributed by atoms with Gasteiger partial charge in [-0.15, -0.1) is 0 Å². The van der Waals surface area contributed by atoms with Crippen molar-refractivity contribution in [1.29, 1.82) is 0 Å². The van der Waals surface area contributed by atoms with Crippen molar-refractivity contribution in [2.75, 3.05) is 53.9 Å². The predicted octanol–water partition coefficient (Wildman–Crippen LogP) is -6.10. The van der Waals surface area contributed by atoms with Crippen molar-refractivity contribution in [3.63, 3.8) is 0 Å². The van der Waals surface area contributed by atoms with Gasteiger partial charge in [-0.05, 0) is 59.7 Å². The lowest BCUT2D eigenvalue weighted by atomic mass is 9.95. The Bertz CT molecular complexity index is 2890. The van der Waals surface area contributed by atoms with Crippen LogP contribution in [0, 0.1) is 0 Å². The van der Waals surface area contributed by atoms with Gasteiger partial charge in [0.1, 0.15) is 110 Å². The number of rotatable bonds is 24. The van der Waals surface area contributed by atoms with Crippen molar-refractivity contribution in [3.05, 3.63) is 95.6 Å². The van der Waals surface area contributed by atoms with Gasteiger partial charge in [0.05, 0.1) is 52.8 Å². The molecule has 90 heavy (non-hydrogen) atoms. The Morgan fingerprint density at radius 2 is 0.933 bits per heavy atom. The normalized spacial score (nSPS) is 37.2. The molecule has 8 rings (SSSR count). The third kappa shape index (κ3) is 15.5. The first-order chi connectivity index (χ1) is 43.0. The summed E-state index contributed by atoms with van der Waals surface area (Å²) >= 11 is 0. The first kappa shape index (κ1) is 69.7. The molecule has 0 spiro atoms. The molecule has 33 nitrogen and oxygen atoms in total. The number of methoxy groups -OCH3 is 2. The van der Waals surface area contributed by atoms with Gasteiger partial charge < -0.3 is 148 Å². The maximum absolute atomic E-state index is 14.1. The Balaban J connectivity index is 1.24. The van der Waals surface area contributed by atoms with Gasteiger partial charge in [-0.25, -0.2) is 14.4 Å². The average molecular weight is 1290 g/mol. The molecule has 0 aromatic heterocycles. The lowest BCUT2D eigenvalue weighted by Gasteiger charge is -2.51. The predicted molar refractivity (Wildman–Crippen MR) is 291 cm³/mol. The second-order valence-corrected chi connectivity index (χ2v) is 21.1. The molecule has 0 radical (unpaired) electrons. The van der Waals surface area contributed by atoms with E-state index in [4.69, 9.17) is 66.3 Å². The number of phenolic OH excluding ortho intramolecular Hbond substituents is 2. The summed E-state index contributed by atoms with van der Waals surface area (Å²) in [5.41, 5.74) is 0.381. The first-order valence-corrected chi connectivity index (χ1v) is 27.9. The van der Waals surface area contributed by atoms with Crippen LogP contribution < -0.4 is 9.47 Å². The van der Waals surface area contributed by atoms with Crippen LogP contribution in [0.2, 0.25) is 0 Å². The lowest BCUT2D eigenvalue weighted by Crippen LogP contribution is -2.69. The Kier molecular flexibility index (Phi) is 24.0. The van der Waals surface area contributed by atoms with Crippen LogP contribution in [0.3, 0.4) is 0 Å². The monoisotopic (exact) mass is 1280 g/mol. The largest absolute Gasteiger partial charge is 0.504 e. The van der Waals surface area contributed by atoms with Crippen molar-refractivity contribution in [3.8, 4) is 23.0 Å². The van der Waals surface area contributed by atoms with Crippen molar-refractivity contribution in [1.82, 2.24) is 0 Å². The Morgan fingerprint density at radius 1 is 0.478 bits per heavy atom. The minimum Gasteiger partial charge on any atom is -0.504 e. The molecule has 0 unspecified atom stereocenters. The maximum atomic E-state index is 14.1. The highest BCUT2D eigenvalue weighted by atomic mass is 16.8. The van der Waals surface area contributed by atoms with E-state index in [0.717, 1.165) is 12.2 Å². The number of esters is 3. The Labute approximate surface area is 510 Å². The van der Waals surface area contributed by atoms with Crippen LogP contribution in [0.15, 0.2) is 78.9 Å². The zero-order chi connectivity index (χ0) is 65.3. The van der Waals surface area contributed by atoms with Gasteiger partial charge in [0.15, 0.2) is 60.4 Å². The summed E-state index contributed by atoms with van der Waals surface area (Å²) < 4.78 is 82.2. The minimum atomic E-state index is -2.97. The summed E-state index contributed by atoms with van der Waals surface area (Å²) in [6.07, 6.45) is -44.5. The molecule has 3 aromatic rings. The Morgan fingerprint density at radius 3 is 1.44 bits per heavy atom. The summed E-state index contributed by atoms with van der Waals surface area (Å²) in [6.45, 7) is -6.71. The summed E-state index contributed by atoms with van der Waals surface area (Å²) in [5.74, 6) is -7.19. The minimum absolute atomic E-state index is 0.0170. The molecule has 0 amide bonds. The standard InChI is InChI=1S/C57H72O33/c1-77-29-16-24(8-12-27(29)63)10-14-36(65)79-23-57(51(40(69)33(20-60)89-57)88-52(76)26-6-4-3-5-7-26)90-56-50(87-54-45(74)42(71)39(68)32(19-59)81-54)49(48(35(22-62)83-56)84-37(66)15-11-25-9-13-28(64)30(17-25)78-2)86-55-46(75)43(72)47(34(21-61)82-55)85-53-44(73)41(70)38(67)31(18-58)80-53/h3-17,31-35,38-51,53-56,58-64,67-75H,18-23H2,1-2H3/b14-10+,15-11+/t31-,32-,33-,34-,35-,38-,39-,40-,41+,42+,43-,44-,45-,46-,47-,48-,49+,50-,51+,53+,54+,55-,56-,57+/m1/s1. The lowest BCUT2D eigenvalue weighted by molar-refractivity contribution is -0.423. The summed E-state index contributed by atoms with van der Waals surface area (Å²) in [7, 11) is 2.53. The van der Waals surface area contributed by atoms with Crippen LogP contribution in [0.25, 0.3) is 12.2 Å². The van der Waals surface area contributed by atoms with E-state index < -0.39 is 204 Å². The van der Waals surface area contributed by atoms with E-state index >= 15 is 0 Å². The van der Waals surface area contributed by atoms with E-state index in [9.17, 15) is 96.1 Å². The van der Waals surface area contributed by atoms with E-state index in [1.54, 1.807) is 6.07 Å². The fraction of sp³-hybridized carbons (Fsp3) is 0.561. The maximum Gasteiger partial charge on any atom is 0.338 e. The average Bonchev–Trinajstić information content (AvgIpc) is 1.48. The summed E-state index contributed by atoms with van der Waals surface area (Å²) in [5, 5.41) is 174. The smallest absolute Gasteiger partial charge is 0.338 e. The van der Waals surface area contributed by atoms with Crippen LogP contribution in [0.5, 0.6) is 23.0 Å². The highest BCUT2D eigenvalue weighted by Gasteiger charge is 2.64. The highest BCUT2D eigenvalue weighted by molar-refractivity contribution is 5.90. The molecule has 33 heteroatoms. The summed E-state index contributed by atoms with van der Waals surface area (Å²) in [4.78, 5) is 41.9. The van der Waals surface area contributed by atoms with Gasteiger partial charge in [0, 0.05) is 12.2 Å². The number of benzene rings is 3. The van der Waals surface area contributed by atoms with Crippen LogP contribution in [0.4, 0.5) is 0 Å². The van der Waals surface area contributed by atoms with Crippen molar-refractivity contribution >= 4 is 30.1 Å². The topological polar surface area (TPSA) is 504 Å². The number of aliphatic hydroxyl groups excluding tert-OH is 14. The molecule has 24 atom stereocenters. The van der Waals surface area contributed by atoms with Gasteiger partial charge in [-0.3, -0.25) is 0 Å². The van der Waals surface area contributed by atoms with E-state index in [1.165, 1.54) is 87.0 Å². The SMILES string of the molecule is COc1cc(/C=C/C(=O)OC[C@@]2(O[C@H]3O[C@H](CO)[C@@H](OC(=O)/C=C/c4ccc(O)c(OC)c4)[C@H](O[C@H]4O[C@H](CO)[C@@H](O[C@@H]5O[C@H](CO)[C@@H](O)[C@H](O)[C@H]5O)[C@H](O)[C@H]4O)[C@H]3O[C@@H]3O[C@H](CO)[C@@H](O)[C@H](O)[C@H]3O)O[C@H](CO)[C@@H](O)[C@@H]2OC(=O)c2ccccc2)ccc1O. The number of carbonyl (C=O) groups excluding carboxylic acids is 3. The molecule has 0 saturated carbocycles. The number of aliphatic hydroxyl groups is 14. The fourth-order valence-corrected chi connectivity index (χ4v) is 10.4. The van der Waals surface area contributed by atoms with Gasteiger partial charge in [-0.2, -0.15) is 0 Å². The van der Waals surface area contributed by atoms with Crippen LogP contribution in [0.1, 0.15) is 21.5 Å². The molecule has 5 aliphatic rings. The van der Waals surface area contributed by atoms with Crippen LogP contribution in [-0.4, -0.2) is 300 Å². The number of phenols is 2. The number of hydrogen-bond acceptors (Lipinski definition) is 33. The van der Waals surface area contributed by atoms with E-state index in [1.807, 2.05) is 0 Å². The number of hydrogen-bond donors (Lipinski definition) is 16. The number of carbonyl (C=O) groups is 3. The molecule has 0 aliphatic carbocycles. The van der Waals surface area contributed by atoms with Crippen LogP contribution >= 0.6 is 0 Å². The molecule has 5 heterocycles. The Hall–Kier alpha value is -6.17. The highest BCUT2D eigenvalue weighted by Crippen LogP contribution is 2.43. The summed E-state index contributed by atoms with van der Waals surface area (Å²) in [6, 6.07) is 15.0. The molecular formula is C57H72O33. The molecular weight excluding hydrogens is 1210 g/mol. The molecule has 5 fully saturated rings. The third-order valence-electron chi connectivity index (χ3n) is 15.3. The van der Waals surface area contributed by atoms with Crippen molar-refractivity contribution in [2.45, 2.75) is 147 Å². The van der Waals surface area contributed by atoms with E-state index in [2.05, 4.69) is 0 Å². The molecule has 498 valence electrons. The van der Waals surface area contributed by atoms with E-state index in [0.29, 0.717) is 0 Å². The van der Waals surface area contributed by atoms with Crippen molar-refractivity contribution < 1.29 is 162 Å². The number of aromatic hydroxyl groups is 2. The van der Waals surface area contributed by atoms with Crippen LogP contribution in [-0.2, 0) is 66.4 Å². The van der Waals surface area contributed by atoms with Gasteiger partial charge in [-0.1, -0.05) is 30.3 Å². The number of ether oxygens (including phenoxy) is 14. The quantitative estimate of drug-likeness (QED) is 0.0225. The van der Waals surface area contributed by atoms with Gasteiger partial charge in [0.2, 0.25) is 5.79 Å². The fourth-order valence-electron chi connectivity index (χ4n) is 10.4. The second-order valence-electron chi connectivity index (χ2n) is 21.1. The second kappa shape index (κ2) is 31.0.